The van der Waals surface area contributed by atoms with Crippen LogP contribution in [-0.4, -0.2) is 31.2 Å². The maximum absolute atomic E-state index is 6.23. The first-order chi connectivity index (χ1) is 12.7. The zero-order chi connectivity index (χ0) is 18.4. The van der Waals surface area contributed by atoms with Crippen molar-refractivity contribution in [3.8, 4) is 0 Å². The molecule has 1 saturated heterocycles. The molecule has 0 amide bonds. The Hall–Kier alpha value is -1.98. The highest BCUT2D eigenvalue weighted by Gasteiger charge is 2.53. The van der Waals surface area contributed by atoms with E-state index in [2.05, 4.69) is 6.58 Å². The minimum absolute atomic E-state index is 0.325. The van der Waals surface area contributed by atoms with Crippen molar-refractivity contribution in [3.05, 3.63) is 84.4 Å². The number of benzene rings is 2. The van der Waals surface area contributed by atoms with E-state index < -0.39 is 11.9 Å². The molecule has 2 aromatic rings. The van der Waals surface area contributed by atoms with Crippen LogP contribution < -0.4 is 0 Å². The summed E-state index contributed by atoms with van der Waals surface area (Å²) in [5.41, 5.74) is 1.51. The molecular weight excluding hydrogens is 328 g/mol. The Kier molecular flexibility index (Phi) is 6.22. The van der Waals surface area contributed by atoms with Gasteiger partial charge in [0.15, 0.2) is 6.29 Å². The number of hydrogen-bond acceptors (Lipinski definition) is 4. The van der Waals surface area contributed by atoms with Gasteiger partial charge >= 0.3 is 0 Å². The van der Waals surface area contributed by atoms with E-state index >= 15 is 0 Å². The van der Waals surface area contributed by atoms with Crippen LogP contribution in [-0.2, 0) is 32.2 Å². The van der Waals surface area contributed by atoms with Crippen molar-refractivity contribution in [2.75, 3.05) is 7.11 Å². The number of rotatable bonds is 8. The maximum Gasteiger partial charge on any atom is 0.187 e. The lowest BCUT2D eigenvalue weighted by atomic mass is 9.97. The Bertz CT molecular complexity index is 688. The summed E-state index contributed by atoms with van der Waals surface area (Å²) in [6.07, 6.45) is 0.573. The average molecular weight is 354 g/mol. The quantitative estimate of drug-likeness (QED) is 0.669. The molecule has 2 aromatic carbocycles. The van der Waals surface area contributed by atoms with Gasteiger partial charge in [-0.2, -0.15) is 0 Å². The molecule has 4 heteroatoms. The van der Waals surface area contributed by atoms with Gasteiger partial charge in [-0.3, -0.25) is 0 Å². The van der Waals surface area contributed by atoms with E-state index in [-0.39, 0.29) is 12.2 Å². The van der Waals surface area contributed by atoms with Crippen LogP contribution in [0.25, 0.3) is 0 Å². The number of methoxy groups -OCH3 is 1. The fourth-order valence-corrected chi connectivity index (χ4v) is 3.15. The topological polar surface area (TPSA) is 36.9 Å². The van der Waals surface area contributed by atoms with Crippen molar-refractivity contribution in [2.24, 2.45) is 0 Å². The molecule has 138 valence electrons. The van der Waals surface area contributed by atoms with Gasteiger partial charge in [-0.15, -0.1) is 6.58 Å². The predicted octanol–water partition coefficient (Wildman–Crippen LogP) is 4.10. The first-order valence-electron chi connectivity index (χ1n) is 8.81. The average Bonchev–Trinajstić information content (AvgIpc) is 2.98. The van der Waals surface area contributed by atoms with E-state index in [1.807, 2.05) is 67.6 Å². The number of hydrogen-bond donors (Lipinski definition) is 0. The fraction of sp³-hybridized carbons (Fsp3) is 0.364. The maximum atomic E-state index is 6.23. The Labute approximate surface area is 155 Å². The fourth-order valence-electron chi connectivity index (χ4n) is 3.15. The Morgan fingerprint density at radius 3 is 2.00 bits per heavy atom. The lowest BCUT2D eigenvalue weighted by Crippen LogP contribution is -2.42. The van der Waals surface area contributed by atoms with E-state index in [4.69, 9.17) is 18.9 Å². The second-order valence-corrected chi connectivity index (χ2v) is 6.59. The largest absolute Gasteiger partial charge is 0.367 e. The molecule has 0 N–H and O–H groups in total. The van der Waals surface area contributed by atoms with Gasteiger partial charge in [0.2, 0.25) is 0 Å². The van der Waals surface area contributed by atoms with Crippen LogP contribution >= 0.6 is 0 Å². The zero-order valence-corrected chi connectivity index (χ0v) is 15.3. The number of ether oxygens (including phenoxy) is 4. The summed E-state index contributed by atoms with van der Waals surface area (Å²) in [5.74, 6) is 0. The smallest absolute Gasteiger partial charge is 0.187 e. The van der Waals surface area contributed by atoms with Gasteiger partial charge in [0.25, 0.3) is 0 Å². The molecule has 1 aliphatic rings. The van der Waals surface area contributed by atoms with Gasteiger partial charge in [-0.25, -0.2) is 0 Å². The van der Waals surface area contributed by atoms with E-state index in [0.29, 0.717) is 13.2 Å². The SMILES string of the molecule is C=C[C@@]1(C)OC(OC)[C@H](OCc2ccccc2)[C@H]1OCc1ccccc1. The van der Waals surface area contributed by atoms with Crippen LogP contribution in [0.3, 0.4) is 0 Å². The molecule has 1 fully saturated rings. The Balaban J connectivity index is 1.74. The second-order valence-electron chi connectivity index (χ2n) is 6.59. The summed E-state index contributed by atoms with van der Waals surface area (Å²) < 4.78 is 24.0. The van der Waals surface area contributed by atoms with E-state index in [1.54, 1.807) is 13.2 Å². The summed E-state index contributed by atoms with van der Waals surface area (Å²) in [5, 5.41) is 0. The van der Waals surface area contributed by atoms with Gasteiger partial charge in [0.1, 0.15) is 17.8 Å². The molecule has 4 atom stereocenters. The van der Waals surface area contributed by atoms with Crippen LogP contribution in [0.1, 0.15) is 18.1 Å². The van der Waals surface area contributed by atoms with Gasteiger partial charge in [0, 0.05) is 7.11 Å². The third-order valence-electron chi connectivity index (χ3n) is 4.70. The molecule has 1 unspecified atom stereocenters. The zero-order valence-electron chi connectivity index (χ0n) is 15.3. The van der Waals surface area contributed by atoms with Gasteiger partial charge in [-0.1, -0.05) is 66.7 Å². The summed E-state index contributed by atoms with van der Waals surface area (Å²) in [6.45, 7) is 6.81. The van der Waals surface area contributed by atoms with Crippen LogP contribution in [0.2, 0.25) is 0 Å². The third kappa shape index (κ3) is 4.22. The van der Waals surface area contributed by atoms with Crippen molar-refractivity contribution in [1.29, 1.82) is 0 Å². The summed E-state index contributed by atoms with van der Waals surface area (Å²) in [7, 11) is 1.62. The summed E-state index contributed by atoms with van der Waals surface area (Å²) >= 11 is 0. The van der Waals surface area contributed by atoms with Crippen LogP contribution in [0.15, 0.2) is 73.3 Å². The normalized spacial score (nSPS) is 28.2. The third-order valence-corrected chi connectivity index (χ3v) is 4.70. The van der Waals surface area contributed by atoms with Crippen LogP contribution in [0.5, 0.6) is 0 Å². The monoisotopic (exact) mass is 354 g/mol. The van der Waals surface area contributed by atoms with Gasteiger partial charge in [0.05, 0.1) is 13.2 Å². The van der Waals surface area contributed by atoms with Gasteiger partial charge in [-0.05, 0) is 18.1 Å². The molecule has 0 aliphatic carbocycles. The Morgan fingerprint density at radius 2 is 1.50 bits per heavy atom. The van der Waals surface area contributed by atoms with Gasteiger partial charge < -0.3 is 18.9 Å². The molecule has 1 aliphatic heterocycles. The molecule has 3 rings (SSSR count). The predicted molar refractivity (Wildman–Crippen MR) is 101 cm³/mol. The lowest BCUT2D eigenvalue weighted by molar-refractivity contribution is -0.173. The highest BCUT2D eigenvalue weighted by atomic mass is 16.7. The van der Waals surface area contributed by atoms with Crippen LogP contribution in [0, 0.1) is 0 Å². The molecular formula is C22H26O4. The minimum atomic E-state index is -0.684. The summed E-state index contributed by atoms with van der Waals surface area (Å²) in [4.78, 5) is 0. The highest BCUT2D eigenvalue weighted by Crippen LogP contribution is 2.37. The van der Waals surface area contributed by atoms with E-state index in [0.717, 1.165) is 11.1 Å². The molecule has 0 spiro atoms. The molecule has 0 radical (unpaired) electrons. The van der Waals surface area contributed by atoms with Crippen molar-refractivity contribution >= 4 is 0 Å². The second kappa shape index (κ2) is 8.60. The Morgan fingerprint density at radius 1 is 0.962 bits per heavy atom. The molecule has 4 nitrogen and oxygen atoms in total. The standard InChI is InChI=1S/C22H26O4/c1-4-22(2)20(25-16-18-13-9-6-10-14-18)19(21(23-3)26-22)24-15-17-11-7-5-8-12-17/h4-14,19-21H,1,15-16H2,2-3H3/t19-,20-,21?,22-/m1/s1. The first kappa shape index (κ1) is 18.8. The first-order valence-corrected chi connectivity index (χ1v) is 8.81. The molecule has 0 bridgehead atoms. The lowest BCUT2D eigenvalue weighted by Gasteiger charge is -2.29. The van der Waals surface area contributed by atoms with Crippen molar-refractivity contribution in [1.82, 2.24) is 0 Å². The van der Waals surface area contributed by atoms with Crippen molar-refractivity contribution < 1.29 is 18.9 Å². The molecule has 0 saturated carbocycles. The van der Waals surface area contributed by atoms with E-state index in [1.165, 1.54) is 0 Å². The highest BCUT2D eigenvalue weighted by molar-refractivity contribution is 5.16. The van der Waals surface area contributed by atoms with E-state index in [9.17, 15) is 0 Å². The molecule has 1 heterocycles. The van der Waals surface area contributed by atoms with Crippen molar-refractivity contribution in [3.63, 3.8) is 0 Å². The minimum Gasteiger partial charge on any atom is -0.367 e. The summed E-state index contributed by atoms with van der Waals surface area (Å²) in [6, 6.07) is 20.1. The van der Waals surface area contributed by atoms with Crippen molar-refractivity contribution in [2.45, 2.75) is 44.2 Å². The molecule has 26 heavy (non-hydrogen) atoms. The molecule has 0 aromatic heterocycles. The van der Waals surface area contributed by atoms with Crippen LogP contribution in [0.4, 0.5) is 0 Å².